The molecule has 0 aromatic heterocycles. The highest BCUT2D eigenvalue weighted by Crippen LogP contribution is 2.19. The van der Waals surface area contributed by atoms with Gasteiger partial charge in [0, 0.05) is 30.1 Å². The maximum absolute atomic E-state index is 10.0. The molecule has 0 radical (unpaired) electrons. The molecule has 0 aliphatic rings. The van der Waals surface area contributed by atoms with Crippen molar-refractivity contribution in [2.75, 3.05) is 39.6 Å². The summed E-state index contributed by atoms with van der Waals surface area (Å²) in [4.78, 5) is 30.1. The first-order valence-electron chi connectivity index (χ1n) is 18.1. The fourth-order valence-corrected chi connectivity index (χ4v) is 3.61. The number of carboxylic acids is 3. The average Bonchev–Trinajstić information content (AvgIpc) is 3.08. The number of aliphatic hydroxyl groups excluding tert-OH is 6. The van der Waals surface area contributed by atoms with E-state index in [4.69, 9.17) is 46.0 Å². The smallest absolute Gasteiger partial charge is 0.303 e. The van der Waals surface area contributed by atoms with Crippen molar-refractivity contribution in [3.63, 3.8) is 0 Å². The largest absolute Gasteiger partial charge is 0.481 e. The van der Waals surface area contributed by atoms with Gasteiger partial charge < -0.3 is 46.0 Å². The first-order valence-corrected chi connectivity index (χ1v) is 18.1. The van der Waals surface area contributed by atoms with E-state index in [2.05, 4.69) is 20.8 Å². The Kier molecular flexibility index (Phi) is 50.0. The fourth-order valence-electron chi connectivity index (χ4n) is 3.61. The second-order valence-corrected chi connectivity index (χ2v) is 12.3. The third-order valence-electron chi connectivity index (χ3n) is 8.00. The van der Waals surface area contributed by atoms with Gasteiger partial charge >= 0.3 is 17.9 Å². The second kappa shape index (κ2) is 43.2. The van der Waals surface area contributed by atoms with Crippen molar-refractivity contribution in [1.29, 1.82) is 0 Å². The molecule has 12 heteroatoms. The van der Waals surface area contributed by atoms with Crippen LogP contribution >= 0.6 is 0 Å². The van der Waals surface area contributed by atoms with Crippen molar-refractivity contribution in [3.05, 3.63) is 0 Å². The van der Waals surface area contributed by atoms with E-state index in [1.165, 1.54) is 57.8 Å². The molecule has 0 aromatic carbocycles. The van der Waals surface area contributed by atoms with Crippen LogP contribution < -0.4 is 0 Å². The molecular weight excluding hydrogens is 624 g/mol. The number of rotatable bonds is 26. The lowest BCUT2D eigenvalue weighted by Crippen LogP contribution is -2.32. The lowest BCUT2D eigenvalue weighted by Gasteiger charge is -2.24. The monoisotopic (exact) mass is 701 g/mol. The van der Waals surface area contributed by atoms with Gasteiger partial charge in [-0.05, 0) is 32.1 Å². The van der Waals surface area contributed by atoms with Crippen molar-refractivity contribution < 1.29 is 60.3 Å². The molecule has 0 aromatic rings. The van der Waals surface area contributed by atoms with Crippen LogP contribution in [-0.2, 0) is 14.4 Å². The van der Waals surface area contributed by atoms with Gasteiger partial charge in [-0.25, -0.2) is 0 Å². The van der Waals surface area contributed by atoms with Gasteiger partial charge in [0.2, 0.25) is 0 Å². The predicted molar refractivity (Wildman–Crippen MR) is 191 cm³/mol. The Morgan fingerprint density at radius 2 is 0.542 bits per heavy atom. The van der Waals surface area contributed by atoms with E-state index in [1.807, 2.05) is 13.8 Å². The number of carboxylic acid groups (broad SMARTS) is 3. The van der Waals surface area contributed by atoms with Crippen molar-refractivity contribution in [2.45, 2.75) is 163 Å². The molecule has 0 heterocycles. The van der Waals surface area contributed by atoms with Crippen LogP contribution in [0, 0.1) is 10.8 Å². The van der Waals surface area contributed by atoms with E-state index < -0.39 is 28.7 Å². The Bertz CT molecular complexity index is 553. The van der Waals surface area contributed by atoms with E-state index in [0.717, 1.165) is 38.5 Å². The van der Waals surface area contributed by atoms with Crippen LogP contribution in [0.5, 0.6) is 0 Å². The molecule has 0 rings (SSSR count). The highest BCUT2D eigenvalue weighted by atomic mass is 16.4. The van der Waals surface area contributed by atoms with Gasteiger partial charge in [-0.2, -0.15) is 0 Å². The summed E-state index contributed by atoms with van der Waals surface area (Å²) in [7, 11) is 0. The molecule has 0 atom stereocenters. The van der Waals surface area contributed by atoms with E-state index >= 15 is 0 Å². The Morgan fingerprint density at radius 1 is 0.354 bits per heavy atom. The van der Waals surface area contributed by atoms with Crippen molar-refractivity contribution in [1.82, 2.24) is 0 Å². The van der Waals surface area contributed by atoms with Crippen LogP contribution in [0.3, 0.4) is 0 Å². The third-order valence-corrected chi connectivity index (χ3v) is 8.00. The predicted octanol–water partition coefficient (Wildman–Crippen LogP) is 6.01. The van der Waals surface area contributed by atoms with Gasteiger partial charge in [-0.1, -0.05) is 112 Å². The normalized spacial score (nSPS) is 10.6. The number of aliphatic carboxylic acids is 3. The van der Waals surface area contributed by atoms with Crippen molar-refractivity contribution in [2.24, 2.45) is 10.8 Å². The molecule has 9 N–H and O–H groups in total. The zero-order valence-corrected chi connectivity index (χ0v) is 31.1. The molecule has 48 heavy (non-hydrogen) atoms. The molecule has 0 amide bonds. The van der Waals surface area contributed by atoms with Crippen LogP contribution in [-0.4, -0.2) is 104 Å². The molecule has 12 nitrogen and oxygen atoms in total. The molecule has 0 saturated heterocycles. The summed E-state index contributed by atoms with van der Waals surface area (Å²) in [6.45, 7) is 9.16. The Hall–Kier alpha value is -1.83. The zero-order valence-electron chi connectivity index (χ0n) is 31.1. The van der Waals surface area contributed by atoms with E-state index in [9.17, 15) is 14.4 Å². The van der Waals surface area contributed by atoms with Crippen molar-refractivity contribution >= 4 is 17.9 Å². The summed E-state index contributed by atoms with van der Waals surface area (Å²) >= 11 is 0. The Balaban J connectivity index is -0.000000161. The first kappa shape index (κ1) is 55.6. The summed E-state index contributed by atoms with van der Waals surface area (Å²) in [5.74, 6) is -2.01. The Morgan fingerprint density at radius 3 is 0.646 bits per heavy atom. The first-order chi connectivity index (χ1) is 22.8. The number of carbonyl (C=O) groups is 3. The van der Waals surface area contributed by atoms with Gasteiger partial charge in [0.25, 0.3) is 0 Å². The minimum absolute atomic E-state index is 0.156. The van der Waals surface area contributed by atoms with Gasteiger partial charge in [-0.3, -0.25) is 14.4 Å². The van der Waals surface area contributed by atoms with Gasteiger partial charge in [0.15, 0.2) is 0 Å². The maximum Gasteiger partial charge on any atom is 0.303 e. The second-order valence-electron chi connectivity index (χ2n) is 12.3. The molecule has 0 aliphatic heterocycles. The maximum atomic E-state index is 10.0. The molecule has 0 aliphatic carbocycles. The summed E-state index contributed by atoms with van der Waals surface area (Å²) in [6, 6.07) is 0. The van der Waals surface area contributed by atoms with Gasteiger partial charge in [0.05, 0.1) is 39.6 Å². The fraction of sp³-hybridized carbons (Fsp3) is 0.917. The van der Waals surface area contributed by atoms with Crippen LogP contribution in [0.1, 0.15) is 163 Å². The molecule has 0 bridgehead atoms. The molecule has 0 fully saturated rings. The minimum Gasteiger partial charge on any atom is -0.481 e. The number of unbranched alkanes of at least 4 members (excludes halogenated alkanes) is 12. The van der Waals surface area contributed by atoms with Crippen LogP contribution in [0.4, 0.5) is 0 Å². The number of hydrogen-bond donors (Lipinski definition) is 9. The molecule has 0 saturated carbocycles. The quantitative estimate of drug-likeness (QED) is 0.0472. The van der Waals surface area contributed by atoms with Crippen LogP contribution in [0.2, 0.25) is 0 Å². The van der Waals surface area contributed by atoms with E-state index in [0.29, 0.717) is 32.1 Å². The van der Waals surface area contributed by atoms with Crippen LogP contribution in [0.25, 0.3) is 0 Å². The highest BCUT2D eigenvalue weighted by molar-refractivity contribution is 5.67. The topological polar surface area (TPSA) is 233 Å². The lowest BCUT2D eigenvalue weighted by molar-refractivity contribution is -0.138. The molecule has 292 valence electrons. The summed E-state index contributed by atoms with van der Waals surface area (Å²) < 4.78 is 0. The number of aliphatic hydroxyl groups is 6. The van der Waals surface area contributed by atoms with E-state index in [1.54, 1.807) is 0 Å². The van der Waals surface area contributed by atoms with E-state index in [-0.39, 0.29) is 39.6 Å². The van der Waals surface area contributed by atoms with Crippen molar-refractivity contribution in [3.8, 4) is 0 Å². The third kappa shape index (κ3) is 44.2. The highest BCUT2D eigenvalue weighted by Gasteiger charge is 2.25. The minimum atomic E-state index is -0.670. The zero-order chi connectivity index (χ0) is 38.1. The van der Waals surface area contributed by atoms with Crippen LogP contribution in [0.15, 0.2) is 0 Å². The molecular formula is C36H76O12. The molecule has 0 spiro atoms. The average molecular weight is 701 g/mol. The Labute approximate surface area is 291 Å². The lowest BCUT2D eigenvalue weighted by atomic mass is 9.88. The summed E-state index contributed by atoms with van der Waals surface area (Å²) in [5, 5.41) is 76.7. The summed E-state index contributed by atoms with van der Waals surface area (Å²) in [6.07, 6.45) is 18.8. The van der Waals surface area contributed by atoms with Gasteiger partial charge in [-0.15, -0.1) is 0 Å². The number of hydrogen-bond acceptors (Lipinski definition) is 9. The summed E-state index contributed by atoms with van der Waals surface area (Å²) in [5.41, 5.74) is -1.33. The standard InChI is InChI=1S/3C8H16O2.2C6H14O3/c3*1-2-3-4-5-6-7-8(9)10;2*1-2-6(3-7,4-8)5-9/h3*2-7H2,1H3,(H,9,10);2*7-9H,2-5H2,1H3. The molecule has 0 unspecified atom stereocenters. The van der Waals surface area contributed by atoms with Gasteiger partial charge in [0.1, 0.15) is 0 Å². The SMILES string of the molecule is CCC(CO)(CO)CO.CCC(CO)(CO)CO.CCCCCCCC(=O)O.CCCCCCCC(=O)O.CCCCCCCC(=O)O.